The molecule has 0 aliphatic heterocycles. The second-order valence-corrected chi connectivity index (χ2v) is 12.1. The molecule has 2 unspecified atom stereocenters. The molecular weight excluding hydrogens is 510 g/mol. The lowest BCUT2D eigenvalue weighted by molar-refractivity contribution is -0.142. The van der Waals surface area contributed by atoms with E-state index in [-0.39, 0.29) is 11.8 Å². The maximum Gasteiger partial charge on any atom is 0.408 e. The first kappa shape index (κ1) is 34.8. The van der Waals surface area contributed by atoms with Crippen LogP contribution >= 0.6 is 11.8 Å². The number of nitrogens with zero attached hydrogens (tertiary/aromatic N) is 1. The van der Waals surface area contributed by atoms with E-state index in [1.165, 1.54) is 19.3 Å². The van der Waals surface area contributed by atoms with Crippen LogP contribution in [0.25, 0.3) is 0 Å². The monoisotopic (exact) mass is 563 g/mol. The van der Waals surface area contributed by atoms with Gasteiger partial charge in [-0.1, -0.05) is 89.1 Å². The number of hydrogen-bond donors (Lipinski definition) is 2. The third-order valence-electron chi connectivity index (χ3n) is 6.39. The molecule has 8 heteroatoms. The van der Waals surface area contributed by atoms with Crippen molar-refractivity contribution in [1.82, 2.24) is 15.5 Å². The van der Waals surface area contributed by atoms with E-state index in [9.17, 15) is 14.4 Å². The Balaban J connectivity index is 3.30. The average molecular weight is 564 g/mol. The van der Waals surface area contributed by atoms with Crippen molar-refractivity contribution in [3.8, 4) is 0 Å². The average Bonchev–Trinajstić information content (AvgIpc) is 2.89. The fraction of sp³-hybridized carbons (Fsp3) is 0.710. The second-order valence-electron chi connectivity index (χ2n) is 11.1. The molecule has 0 saturated carbocycles. The van der Waals surface area contributed by atoms with Gasteiger partial charge in [-0.05, 0) is 57.6 Å². The van der Waals surface area contributed by atoms with Gasteiger partial charge in [0.2, 0.25) is 11.8 Å². The van der Waals surface area contributed by atoms with Crippen molar-refractivity contribution >= 4 is 29.7 Å². The van der Waals surface area contributed by atoms with Crippen molar-refractivity contribution in [3.05, 3.63) is 35.9 Å². The molecule has 0 spiro atoms. The molecule has 3 amide bonds. The number of alkyl carbamates (subject to hydrolysis) is 1. The summed E-state index contributed by atoms with van der Waals surface area (Å²) in [5, 5.41) is 5.89. The summed E-state index contributed by atoms with van der Waals surface area (Å²) >= 11 is 1.61. The topological polar surface area (TPSA) is 87.7 Å². The number of thioether (sulfide) groups is 1. The van der Waals surface area contributed by atoms with Crippen molar-refractivity contribution in [3.63, 3.8) is 0 Å². The van der Waals surface area contributed by atoms with E-state index in [2.05, 4.69) is 24.5 Å². The summed E-state index contributed by atoms with van der Waals surface area (Å²) in [5.41, 5.74) is 0.0889. The van der Waals surface area contributed by atoms with Crippen LogP contribution in [0, 0.1) is 0 Å². The van der Waals surface area contributed by atoms with Crippen LogP contribution in [0.1, 0.15) is 110 Å². The molecule has 0 bridgehead atoms. The Kier molecular flexibility index (Phi) is 17.7. The smallest absolute Gasteiger partial charge is 0.408 e. The summed E-state index contributed by atoms with van der Waals surface area (Å²) in [6.45, 7) is 10.7. The van der Waals surface area contributed by atoms with E-state index in [0.29, 0.717) is 25.3 Å². The number of nitrogens with one attached hydrogen (secondary N) is 2. The maximum absolute atomic E-state index is 14.2. The zero-order valence-electron chi connectivity index (χ0n) is 25.2. The van der Waals surface area contributed by atoms with E-state index >= 15 is 0 Å². The van der Waals surface area contributed by atoms with Crippen LogP contribution in [0.4, 0.5) is 4.79 Å². The summed E-state index contributed by atoms with van der Waals surface area (Å²) in [6, 6.07) is 7.94. The minimum absolute atomic E-state index is 0.183. The van der Waals surface area contributed by atoms with Crippen molar-refractivity contribution < 1.29 is 19.1 Å². The van der Waals surface area contributed by atoms with Gasteiger partial charge in [-0.2, -0.15) is 11.8 Å². The Morgan fingerprint density at radius 2 is 1.54 bits per heavy atom. The highest BCUT2D eigenvalue weighted by molar-refractivity contribution is 7.98. The molecule has 0 heterocycles. The van der Waals surface area contributed by atoms with Gasteiger partial charge in [-0.15, -0.1) is 0 Å². The molecule has 1 aromatic carbocycles. The van der Waals surface area contributed by atoms with Gasteiger partial charge in [0, 0.05) is 13.1 Å². The molecule has 0 aliphatic rings. The van der Waals surface area contributed by atoms with Gasteiger partial charge < -0.3 is 20.3 Å². The third kappa shape index (κ3) is 14.7. The van der Waals surface area contributed by atoms with Crippen LogP contribution in [-0.4, -0.2) is 59.5 Å². The molecule has 1 rings (SSSR count). The molecule has 2 N–H and O–H groups in total. The summed E-state index contributed by atoms with van der Waals surface area (Å²) in [6.07, 6.45) is 11.2. The number of carbonyl (C=O) groups is 3. The first-order chi connectivity index (χ1) is 18.6. The first-order valence-corrected chi connectivity index (χ1v) is 16.2. The minimum Gasteiger partial charge on any atom is -0.444 e. The lowest BCUT2D eigenvalue weighted by Gasteiger charge is -2.34. The Morgan fingerprint density at radius 3 is 2.15 bits per heavy atom. The highest BCUT2D eigenvalue weighted by Crippen LogP contribution is 2.24. The second kappa shape index (κ2) is 19.8. The molecule has 222 valence electrons. The fourth-order valence-corrected chi connectivity index (χ4v) is 4.83. The first-order valence-electron chi connectivity index (χ1n) is 14.8. The lowest BCUT2D eigenvalue weighted by atomic mass is 10.0. The summed E-state index contributed by atoms with van der Waals surface area (Å²) in [4.78, 5) is 42.2. The number of benzene rings is 1. The molecule has 2 atom stereocenters. The van der Waals surface area contributed by atoms with Crippen molar-refractivity contribution in [2.24, 2.45) is 0 Å². The minimum atomic E-state index is -0.786. The number of unbranched alkanes of at least 4 members (excludes halogenated alkanes) is 7. The predicted molar refractivity (Wildman–Crippen MR) is 163 cm³/mol. The molecule has 0 aliphatic carbocycles. The number of rotatable bonds is 19. The zero-order valence-corrected chi connectivity index (χ0v) is 26.0. The molecule has 0 aromatic heterocycles. The van der Waals surface area contributed by atoms with Crippen LogP contribution in [0.2, 0.25) is 0 Å². The Bertz CT molecular complexity index is 829. The number of carbonyl (C=O) groups excluding carboxylic acids is 3. The van der Waals surface area contributed by atoms with Crippen molar-refractivity contribution in [2.45, 2.75) is 117 Å². The summed E-state index contributed by atoms with van der Waals surface area (Å²) in [5.74, 6) is 0.259. The Morgan fingerprint density at radius 1 is 0.923 bits per heavy atom. The molecule has 7 nitrogen and oxygen atoms in total. The van der Waals surface area contributed by atoms with Gasteiger partial charge in [-0.25, -0.2) is 4.79 Å². The van der Waals surface area contributed by atoms with Crippen molar-refractivity contribution in [2.75, 3.05) is 25.1 Å². The molecule has 39 heavy (non-hydrogen) atoms. The van der Waals surface area contributed by atoms with Gasteiger partial charge in [0.1, 0.15) is 17.7 Å². The van der Waals surface area contributed by atoms with E-state index in [4.69, 9.17) is 4.74 Å². The van der Waals surface area contributed by atoms with Gasteiger partial charge in [0.05, 0.1) is 0 Å². The quantitative estimate of drug-likeness (QED) is 0.179. The van der Waals surface area contributed by atoms with Gasteiger partial charge in [0.25, 0.3) is 0 Å². The van der Waals surface area contributed by atoms with Crippen LogP contribution in [0.3, 0.4) is 0 Å². The van der Waals surface area contributed by atoms with Crippen molar-refractivity contribution in [1.29, 1.82) is 0 Å². The maximum atomic E-state index is 14.2. The van der Waals surface area contributed by atoms with Crippen LogP contribution in [-0.2, 0) is 14.3 Å². The SMILES string of the molecule is CCCCCCCCN(C(=O)C(CCSC)NC(=O)OC(C)(C)C)C(C(=O)NCCCCC)c1ccccc1. The molecule has 0 radical (unpaired) electrons. The molecular formula is C31H53N3O4S. The zero-order chi connectivity index (χ0) is 29.1. The number of amides is 3. The van der Waals surface area contributed by atoms with Crippen LogP contribution in [0.15, 0.2) is 30.3 Å². The molecule has 1 aromatic rings. The molecule has 0 saturated heterocycles. The largest absolute Gasteiger partial charge is 0.444 e. The van der Waals surface area contributed by atoms with E-state index in [0.717, 1.165) is 44.1 Å². The summed E-state index contributed by atoms with van der Waals surface area (Å²) in [7, 11) is 0. The Labute approximate surface area is 241 Å². The van der Waals surface area contributed by atoms with Gasteiger partial charge in [-0.3, -0.25) is 9.59 Å². The van der Waals surface area contributed by atoms with E-state index < -0.39 is 23.8 Å². The van der Waals surface area contributed by atoms with Crippen LogP contribution < -0.4 is 10.6 Å². The standard InChI is InChI=1S/C31H53N3O4S/c1-7-9-11-12-13-18-23-34(29(36)26(21-24-39-6)33-30(37)38-31(3,4)5)27(25-19-15-14-16-20-25)28(35)32-22-17-10-8-2/h14-16,19-20,26-27H,7-13,17-18,21-24H2,1-6H3,(H,32,35)(H,33,37). The third-order valence-corrected chi connectivity index (χ3v) is 7.03. The molecule has 0 fully saturated rings. The van der Waals surface area contributed by atoms with E-state index in [1.54, 1.807) is 37.4 Å². The number of hydrogen-bond acceptors (Lipinski definition) is 5. The Hall–Kier alpha value is -2.22. The van der Waals surface area contributed by atoms with Gasteiger partial charge in [0.15, 0.2) is 0 Å². The highest BCUT2D eigenvalue weighted by atomic mass is 32.2. The summed E-state index contributed by atoms with van der Waals surface area (Å²) < 4.78 is 5.48. The van der Waals surface area contributed by atoms with E-state index in [1.807, 2.05) is 36.6 Å². The van der Waals surface area contributed by atoms with Crippen LogP contribution in [0.5, 0.6) is 0 Å². The predicted octanol–water partition coefficient (Wildman–Crippen LogP) is 6.87. The lowest BCUT2D eigenvalue weighted by Crippen LogP contribution is -2.53. The fourth-order valence-electron chi connectivity index (χ4n) is 4.36. The normalized spacial score (nSPS) is 12.9. The number of ether oxygens (including phenoxy) is 1. The highest BCUT2D eigenvalue weighted by Gasteiger charge is 2.35. The van der Waals surface area contributed by atoms with Gasteiger partial charge >= 0.3 is 6.09 Å².